The zero-order valence-corrected chi connectivity index (χ0v) is 7.61. The van der Waals surface area contributed by atoms with Gasteiger partial charge in [0, 0.05) is 13.6 Å². The van der Waals surface area contributed by atoms with Crippen molar-refractivity contribution < 1.29 is 18.0 Å². The van der Waals surface area contributed by atoms with E-state index in [-0.39, 0.29) is 6.54 Å². The van der Waals surface area contributed by atoms with Crippen molar-refractivity contribution in [2.45, 2.75) is 19.5 Å². The van der Waals surface area contributed by atoms with Gasteiger partial charge in [0.1, 0.15) is 6.54 Å². The Hall–Kier alpha value is -0.940. The van der Waals surface area contributed by atoms with Crippen LogP contribution in [0.1, 0.15) is 13.3 Å². The molecule has 0 radical (unpaired) electrons. The highest BCUT2D eigenvalue weighted by molar-refractivity contribution is 5.73. The topological polar surface area (TPSA) is 32.3 Å². The smallest absolute Gasteiger partial charge is 0.341 e. The number of carbonyl (C=O) groups is 1. The van der Waals surface area contributed by atoms with Crippen LogP contribution >= 0.6 is 0 Å². The van der Waals surface area contributed by atoms with E-state index in [4.69, 9.17) is 0 Å². The first kappa shape index (κ1) is 12.1. The van der Waals surface area contributed by atoms with Crippen molar-refractivity contribution in [1.82, 2.24) is 10.2 Å². The van der Waals surface area contributed by atoms with Crippen LogP contribution in [0.15, 0.2) is 0 Å². The first-order valence-corrected chi connectivity index (χ1v) is 3.94. The first-order valence-electron chi connectivity index (χ1n) is 3.94. The summed E-state index contributed by atoms with van der Waals surface area (Å²) in [5, 5.41) is 2.16. The summed E-state index contributed by atoms with van der Waals surface area (Å²) in [5.74, 6) is 0. The standard InChI is InChI=1S/C7H13F3N2O/c1-3-4-12(6(13)11-2)5-7(8,9)10/h3-5H2,1-2H3,(H,11,13). The minimum absolute atomic E-state index is 0.110. The lowest BCUT2D eigenvalue weighted by molar-refractivity contribution is -0.139. The summed E-state index contributed by atoms with van der Waals surface area (Å²) >= 11 is 0. The van der Waals surface area contributed by atoms with E-state index in [0.29, 0.717) is 6.42 Å². The van der Waals surface area contributed by atoms with Crippen LogP contribution in [0.25, 0.3) is 0 Å². The number of hydrogen-bond donors (Lipinski definition) is 1. The van der Waals surface area contributed by atoms with Gasteiger partial charge in [0.25, 0.3) is 0 Å². The highest BCUT2D eigenvalue weighted by atomic mass is 19.4. The Morgan fingerprint density at radius 3 is 2.31 bits per heavy atom. The summed E-state index contributed by atoms with van der Waals surface area (Å²) in [6, 6.07) is -0.695. The van der Waals surface area contributed by atoms with Crippen molar-refractivity contribution in [3.05, 3.63) is 0 Å². The maximum Gasteiger partial charge on any atom is 0.406 e. The van der Waals surface area contributed by atoms with Gasteiger partial charge in [0.05, 0.1) is 0 Å². The Labute approximate surface area is 74.9 Å². The Kier molecular flexibility index (Phi) is 4.58. The SMILES string of the molecule is CCCN(CC(F)(F)F)C(=O)NC. The van der Waals surface area contributed by atoms with Gasteiger partial charge >= 0.3 is 12.2 Å². The highest BCUT2D eigenvalue weighted by Gasteiger charge is 2.32. The number of carbonyl (C=O) groups excluding carboxylic acids is 1. The number of alkyl halides is 3. The summed E-state index contributed by atoms with van der Waals surface area (Å²) in [6.45, 7) is 0.631. The molecule has 0 heterocycles. The van der Waals surface area contributed by atoms with Gasteiger partial charge in [-0.15, -0.1) is 0 Å². The van der Waals surface area contributed by atoms with Crippen LogP contribution in [0.4, 0.5) is 18.0 Å². The number of amides is 2. The molecule has 0 saturated carbocycles. The molecule has 6 heteroatoms. The molecule has 2 amide bonds. The molecule has 0 aliphatic rings. The van der Waals surface area contributed by atoms with Gasteiger partial charge in [0.2, 0.25) is 0 Å². The van der Waals surface area contributed by atoms with E-state index >= 15 is 0 Å². The van der Waals surface area contributed by atoms with Crippen molar-refractivity contribution >= 4 is 6.03 Å². The van der Waals surface area contributed by atoms with Crippen molar-refractivity contribution in [3.8, 4) is 0 Å². The minimum atomic E-state index is -4.33. The summed E-state index contributed by atoms with van der Waals surface area (Å²) in [5.41, 5.74) is 0. The van der Waals surface area contributed by atoms with E-state index in [1.165, 1.54) is 7.05 Å². The van der Waals surface area contributed by atoms with Crippen molar-refractivity contribution in [2.75, 3.05) is 20.1 Å². The molecule has 13 heavy (non-hydrogen) atoms. The van der Waals surface area contributed by atoms with Crippen LogP contribution < -0.4 is 5.32 Å². The number of urea groups is 1. The number of halogens is 3. The van der Waals surface area contributed by atoms with Gasteiger partial charge in [-0.3, -0.25) is 0 Å². The molecule has 3 nitrogen and oxygen atoms in total. The molecule has 0 rings (SSSR count). The molecule has 0 aromatic carbocycles. The van der Waals surface area contributed by atoms with Crippen molar-refractivity contribution in [2.24, 2.45) is 0 Å². The first-order chi connectivity index (χ1) is 5.90. The van der Waals surface area contributed by atoms with E-state index in [1.54, 1.807) is 6.92 Å². The molecule has 78 valence electrons. The lowest BCUT2D eigenvalue weighted by Gasteiger charge is -2.22. The molecule has 0 aliphatic heterocycles. The third-order valence-corrected chi connectivity index (χ3v) is 1.36. The Bertz CT molecular complexity index is 170. The molecule has 0 unspecified atom stereocenters. The zero-order valence-electron chi connectivity index (χ0n) is 7.61. The third kappa shape index (κ3) is 5.32. The summed E-state index contributed by atoms with van der Waals surface area (Å²) in [6.07, 6.45) is -3.83. The average molecular weight is 198 g/mol. The van der Waals surface area contributed by atoms with Gasteiger partial charge in [-0.1, -0.05) is 6.92 Å². The summed E-state index contributed by atoms with van der Waals surface area (Å²) in [4.78, 5) is 11.6. The molecule has 0 aromatic heterocycles. The maximum absolute atomic E-state index is 11.9. The molecule has 0 atom stereocenters. The fourth-order valence-electron chi connectivity index (χ4n) is 0.897. The van der Waals surface area contributed by atoms with E-state index in [1.807, 2.05) is 0 Å². The van der Waals surface area contributed by atoms with Crippen LogP contribution in [0.2, 0.25) is 0 Å². The number of nitrogens with one attached hydrogen (secondary N) is 1. The molecule has 0 saturated heterocycles. The second kappa shape index (κ2) is 4.94. The summed E-state index contributed by atoms with van der Waals surface area (Å²) in [7, 11) is 1.31. The predicted octanol–water partition coefficient (Wildman–Crippen LogP) is 1.60. The van der Waals surface area contributed by atoms with Gasteiger partial charge in [-0.2, -0.15) is 13.2 Å². The van der Waals surface area contributed by atoms with Crippen LogP contribution in [-0.4, -0.2) is 37.2 Å². The quantitative estimate of drug-likeness (QED) is 0.734. The number of nitrogens with zero attached hydrogens (tertiary/aromatic N) is 1. The van der Waals surface area contributed by atoms with Gasteiger partial charge < -0.3 is 10.2 Å². The molecular formula is C7H13F3N2O. The van der Waals surface area contributed by atoms with E-state index in [0.717, 1.165) is 4.90 Å². The molecule has 0 spiro atoms. The number of rotatable bonds is 3. The van der Waals surface area contributed by atoms with Crippen LogP contribution in [0.3, 0.4) is 0 Å². The van der Waals surface area contributed by atoms with Gasteiger partial charge in [0.15, 0.2) is 0 Å². The lowest BCUT2D eigenvalue weighted by Crippen LogP contribution is -2.43. The summed E-state index contributed by atoms with van der Waals surface area (Å²) < 4.78 is 35.7. The van der Waals surface area contributed by atoms with Crippen molar-refractivity contribution in [1.29, 1.82) is 0 Å². The Balaban J connectivity index is 4.17. The Morgan fingerprint density at radius 1 is 1.46 bits per heavy atom. The van der Waals surface area contributed by atoms with Gasteiger partial charge in [-0.05, 0) is 6.42 Å². The molecule has 0 aliphatic carbocycles. The molecule has 1 N–H and O–H groups in total. The van der Waals surface area contributed by atoms with Crippen LogP contribution in [-0.2, 0) is 0 Å². The predicted molar refractivity (Wildman–Crippen MR) is 42.4 cm³/mol. The monoisotopic (exact) mass is 198 g/mol. The largest absolute Gasteiger partial charge is 0.406 e. The minimum Gasteiger partial charge on any atom is -0.341 e. The lowest BCUT2D eigenvalue weighted by atomic mass is 10.4. The number of hydrogen-bond acceptors (Lipinski definition) is 1. The molecule has 0 bridgehead atoms. The van der Waals surface area contributed by atoms with Gasteiger partial charge in [-0.25, -0.2) is 4.79 Å². The fourth-order valence-corrected chi connectivity index (χ4v) is 0.897. The second-order valence-corrected chi connectivity index (χ2v) is 2.59. The zero-order chi connectivity index (χ0) is 10.5. The average Bonchev–Trinajstić information content (AvgIpc) is 2.00. The van der Waals surface area contributed by atoms with E-state index in [9.17, 15) is 18.0 Å². The maximum atomic E-state index is 11.9. The normalized spacial score (nSPS) is 11.2. The van der Waals surface area contributed by atoms with E-state index < -0.39 is 18.8 Å². The van der Waals surface area contributed by atoms with E-state index in [2.05, 4.69) is 5.32 Å². The van der Waals surface area contributed by atoms with Crippen molar-refractivity contribution in [3.63, 3.8) is 0 Å². The van der Waals surface area contributed by atoms with Crippen LogP contribution in [0, 0.1) is 0 Å². The fraction of sp³-hybridized carbons (Fsp3) is 0.857. The van der Waals surface area contributed by atoms with Crippen LogP contribution in [0.5, 0.6) is 0 Å². The molecular weight excluding hydrogens is 185 g/mol. The highest BCUT2D eigenvalue weighted by Crippen LogP contribution is 2.16. The third-order valence-electron chi connectivity index (χ3n) is 1.36. The molecule has 0 fully saturated rings. The Morgan fingerprint density at radius 2 is 2.00 bits per heavy atom. The second-order valence-electron chi connectivity index (χ2n) is 2.59. The molecule has 0 aromatic rings.